The van der Waals surface area contributed by atoms with E-state index >= 15 is 0 Å². The number of aliphatic hydroxyl groups is 1. The summed E-state index contributed by atoms with van der Waals surface area (Å²) in [6, 6.07) is 7.13. The second-order valence-corrected chi connectivity index (χ2v) is 4.34. The summed E-state index contributed by atoms with van der Waals surface area (Å²) in [7, 11) is 1.50. The van der Waals surface area contributed by atoms with Crippen LogP contribution in [0.1, 0.15) is 10.4 Å². The van der Waals surface area contributed by atoms with Gasteiger partial charge in [-0.2, -0.15) is 0 Å². The topological polar surface area (TPSA) is 76.4 Å². The second-order valence-electron chi connectivity index (χ2n) is 4.34. The van der Waals surface area contributed by atoms with Gasteiger partial charge in [-0.05, 0) is 24.3 Å². The SMILES string of the molecule is COCC(O)CNC(=O)c1ccc(-n2ccnc2)cc1. The number of imidazole rings is 1. The minimum Gasteiger partial charge on any atom is -0.389 e. The number of nitrogens with zero attached hydrogens (tertiary/aromatic N) is 2. The summed E-state index contributed by atoms with van der Waals surface area (Å²) in [6.07, 6.45) is 4.51. The van der Waals surface area contributed by atoms with E-state index in [-0.39, 0.29) is 19.1 Å². The maximum atomic E-state index is 11.9. The van der Waals surface area contributed by atoms with E-state index in [2.05, 4.69) is 10.3 Å². The number of carbonyl (C=O) groups is 1. The molecule has 1 amide bonds. The molecule has 6 nitrogen and oxygen atoms in total. The van der Waals surface area contributed by atoms with Crippen molar-refractivity contribution >= 4 is 5.91 Å². The molecule has 1 heterocycles. The fourth-order valence-electron chi connectivity index (χ4n) is 1.76. The van der Waals surface area contributed by atoms with Gasteiger partial charge in [0.2, 0.25) is 0 Å². The standard InChI is InChI=1S/C14H17N3O3/c1-20-9-13(18)8-16-14(19)11-2-4-12(5-3-11)17-7-6-15-10-17/h2-7,10,13,18H,8-9H2,1H3,(H,16,19). The molecule has 1 aromatic heterocycles. The Bertz CT molecular complexity index is 537. The number of carbonyl (C=O) groups excluding carboxylic acids is 1. The van der Waals surface area contributed by atoms with Gasteiger partial charge in [0.05, 0.1) is 19.0 Å². The summed E-state index contributed by atoms with van der Waals surface area (Å²) >= 11 is 0. The van der Waals surface area contributed by atoms with E-state index in [9.17, 15) is 9.90 Å². The molecular formula is C14H17N3O3. The number of amides is 1. The van der Waals surface area contributed by atoms with Crippen LogP contribution in [0.2, 0.25) is 0 Å². The number of aromatic nitrogens is 2. The Balaban J connectivity index is 1.94. The lowest BCUT2D eigenvalue weighted by Gasteiger charge is -2.11. The summed E-state index contributed by atoms with van der Waals surface area (Å²) in [5.74, 6) is -0.225. The van der Waals surface area contributed by atoms with Crippen molar-refractivity contribution in [1.29, 1.82) is 0 Å². The third-order valence-electron chi connectivity index (χ3n) is 2.79. The van der Waals surface area contributed by atoms with Crippen molar-refractivity contribution in [3.63, 3.8) is 0 Å². The van der Waals surface area contributed by atoms with E-state index in [0.29, 0.717) is 5.56 Å². The van der Waals surface area contributed by atoms with Crippen LogP contribution in [-0.2, 0) is 4.74 Å². The zero-order chi connectivity index (χ0) is 14.4. The average molecular weight is 275 g/mol. The van der Waals surface area contributed by atoms with Crippen LogP contribution in [0.25, 0.3) is 5.69 Å². The number of hydrogen-bond donors (Lipinski definition) is 2. The summed E-state index contributed by atoms with van der Waals surface area (Å²) in [5, 5.41) is 12.1. The lowest BCUT2D eigenvalue weighted by molar-refractivity contribution is 0.0610. The largest absolute Gasteiger partial charge is 0.389 e. The minimum atomic E-state index is -0.700. The van der Waals surface area contributed by atoms with Gasteiger partial charge >= 0.3 is 0 Å². The summed E-state index contributed by atoms with van der Waals surface area (Å²) in [4.78, 5) is 15.8. The van der Waals surface area contributed by atoms with Gasteiger partial charge in [-0.25, -0.2) is 4.98 Å². The van der Waals surface area contributed by atoms with Crippen molar-refractivity contribution in [1.82, 2.24) is 14.9 Å². The van der Waals surface area contributed by atoms with Gasteiger partial charge in [-0.3, -0.25) is 4.79 Å². The van der Waals surface area contributed by atoms with Crippen molar-refractivity contribution in [2.24, 2.45) is 0 Å². The average Bonchev–Trinajstić information content (AvgIpc) is 2.99. The summed E-state index contributed by atoms with van der Waals surface area (Å²) < 4.78 is 6.64. The van der Waals surface area contributed by atoms with Gasteiger partial charge in [0.25, 0.3) is 5.91 Å². The lowest BCUT2D eigenvalue weighted by Crippen LogP contribution is -2.34. The summed E-state index contributed by atoms with van der Waals surface area (Å²) in [6.45, 7) is 0.357. The molecule has 1 atom stereocenters. The zero-order valence-corrected chi connectivity index (χ0v) is 11.2. The molecule has 0 aliphatic carbocycles. The van der Waals surface area contributed by atoms with Crippen LogP contribution in [0.5, 0.6) is 0 Å². The molecule has 0 radical (unpaired) electrons. The molecule has 2 aromatic rings. The smallest absolute Gasteiger partial charge is 0.251 e. The highest BCUT2D eigenvalue weighted by Gasteiger charge is 2.08. The van der Waals surface area contributed by atoms with Crippen LogP contribution in [-0.4, -0.2) is 46.9 Å². The Hall–Kier alpha value is -2.18. The number of rotatable bonds is 6. The fourth-order valence-corrected chi connectivity index (χ4v) is 1.76. The molecule has 0 fully saturated rings. The van der Waals surface area contributed by atoms with Crippen molar-refractivity contribution in [2.45, 2.75) is 6.10 Å². The molecular weight excluding hydrogens is 258 g/mol. The normalized spacial score (nSPS) is 12.1. The highest BCUT2D eigenvalue weighted by atomic mass is 16.5. The molecule has 2 N–H and O–H groups in total. The first-order valence-electron chi connectivity index (χ1n) is 6.24. The van der Waals surface area contributed by atoms with Crippen molar-refractivity contribution in [2.75, 3.05) is 20.3 Å². The highest BCUT2D eigenvalue weighted by Crippen LogP contribution is 2.09. The Labute approximate surface area is 117 Å². The van der Waals surface area contributed by atoms with Crippen LogP contribution < -0.4 is 5.32 Å². The number of hydrogen-bond acceptors (Lipinski definition) is 4. The number of benzene rings is 1. The lowest BCUT2D eigenvalue weighted by atomic mass is 10.2. The second kappa shape index (κ2) is 6.83. The molecule has 1 unspecified atom stereocenters. The van der Waals surface area contributed by atoms with Gasteiger partial charge in [0, 0.05) is 37.3 Å². The Morgan fingerprint density at radius 3 is 2.80 bits per heavy atom. The number of ether oxygens (including phenoxy) is 1. The first-order valence-corrected chi connectivity index (χ1v) is 6.24. The van der Waals surface area contributed by atoms with Gasteiger partial charge in [-0.1, -0.05) is 0 Å². The third kappa shape index (κ3) is 3.66. The first-order chi connectivity index (χ1) is 9.70. The predicted octanol–water partition coefficient (Wildman–Crippen LogP) is 0.609. The molecule has 2 rings (SSSR count). The van der Waals surface area contributed by atoms with Gasteiger partial charge < -0.3 is 19.7 Å². The molecule has 20 heavy (non-hydrogen) atoms. The minimum absolute atomic E-state index is 0.163. The zero-order valence-electron chi connectivity index (χ0n) is 11.2. The highest BCUT2D eigenvalue weighted by molar-refractivity contribution is 5.94. The van der Waals surface area contributed by atoms with E-state index in [0.717, 1.165) is 5.69 Å². The van der Waals surface area contributed by atoms with Crippen molar-refractivity contribution in [3.8, 4) is 5.69 Å². The predicted molar refractivity (Wildman–Crippen MR) is 73.8 cm³/mol. The van der Waals surface area contributed by atoms with Crippen molar-refractivity contribution in [3.05, 3.63) is 48.5 Å². The molecule has 0 saturated heterocycles. The van der Waals surface area contributed by atoms with Crippen molar-refractivity contribution < 1.29 is 14.6 Å². The van der Waals surface area contributed by atoms with Gasteiger partial charge in [-0.15, -0.1) is 0 Å². The van der Waals surface area contributed by atoms with Crippen LogP contribution in [0, 0.1) is 0 Å². The number of methoxy groups -OCH3 is 1. The first kappa shape index (κ1) is 14.2. The quantitative estimate of drug-likeness (QED) is 0.810. The van der Waals surface area contributed by atoms with E-state index in [1.165, 1.54) is 7.11 Å². The van der Waals surface area contributed by atoms with E-state index in [1.807, 2.05) is 22.9 Å². The Kier molecular flexibility index (Phi) is 4.86. The van der Waals surface area contributed by atoms with E-state index < -0.39 is 6.10 Å². The molecule has 0 aliphatic rings. The molecule has 106 valence electrons. The molecule has 1 aromatic carbocycles. The molecule has 0 spiro atoms. The van der Waals surface area contributed by atoms with Gasteiger partial charge in [0.15, 0.2) is 0 Å². The molecule has 0 saturated carbocycles. The third-order valence-corrected chi connectivity index (χ3v) is 2.79. The number of aliphatic hydroxyl groups excluding tert-OH is 1. The van der Waals surface area contributed by atoms with Gasteiger partial charge in [0.1, 0.15) is 0 Å². The number of nitrogens with one attached hydrogen (secondary N) is 1. The fraction of sp³-hybridized carbons (Fsp3) is 0.286. The summed E-state index contributed by atoms with van der Waals surface area (Å²) in [5.41, 5.74) is 1.47. The van der Waals surface area contributed by atoms with E-state index in [1.54, 1.807) is 24.7 Å². The molecule has 6 heteroatoms. The van der Waals surface area contributed by atoms with Crippen LogP contribution in [0.4, 0.5) is 0 Å². The Morgan fingerprint density at radius 2 is 2.20 bits per heavy atom. The Morgan fingerprint density at radius 1 is 1.45 bits per heavy atom. The van der Waals surface area contributed by atoms with E-state index in [4.69, 9.17) is 4.74 Å². The maximum Gasteiger partial charge on any atom is 0.251 e. The van der Waals surface area contributed by atoms with Crippen LogP contribution >= 0.6 is 0 Å². The van der Waals surface area contributed by atoms with Crippen LogP contribution in [0.3, 0.4) is 0 Å². The molecule has 0 bridgehead atoms. The monoisotopic (exact) mass is 275 g/mol. The molecule has 0 aliphatic heterocycles. The maximum absolute atomic E-state index is 11.9. The van der Waals surface area contributed by atoms with Crippen LogP contribution in [0.15, 0.2) is 43.0 Å².